The summed E-state index contributed by atoms with van der Waals surface area (Å²) in [4.78, 5) is 10.8. The first-order chi connectivity index (χ1) is 7.27. The van der Waals surface area contributed by atoms with Gasteiger partial charge >= 0.3 is 0 Å². The normalized spacial score (nSPS) is 9.80. The molecule has 2 rings (SSSR count). The van der Waals surface area contributed by atoms with Gasteiger partial charge in [-0.1, -0.05) is 12.1 Å². The third kappa shape index (κ3) is 1.30. The van der Waals surface area contributed by atoms with E-state index in [2.05, 4.69) is 0 Å². The second-order valence-corrected chi connectivity index (χ2v) is 3.03. The third-order valence-corrected chi connectivity index (χ3v) is 2.19. The summed E-state index contributed by atoms with van der Waals surface area (Å²) >= 11 is 0. The third-order valence-electron chi connectivity index (χ3n) is 2.19. The van der Waals surface area contributed by atoms with Crippen LogP contribution in [0.2, 0.25) is 0 Å². The maximum atomic E-state index is 11.6. The fraction of sp³-hybridized carbons (Fsp3) is 0. The molecule has 0 radical (unpaired) electrons. The minimum atomic E-state index is -0.0733. The first-order valence-electron chi connectivity index (χ1n) is 4.28. The molecule has 0 bridgehead atoms. The molecule has 0 aliphatic rings. The van der Waals surface area contributed by atoms with E-state index in [9.17, 15) is 10.0 Å². The van der Waals surface area contributed by atoms with Gasteiger partial charge in [0.15, 0.2) is 12.4 Å². The summed E-state index contributed by atoms with van der Waals surface area (Å²) in [5, 5.41) is 20.9. The molecule has 0 atom stereocenters. The monoisotopic (exact) mass is 198 g/mol. The van der Waals surface area contributed by atoms with E-state index in [-0.39, 0.29) is 5.69 Å². The van der Waals surface area contributed by atoms with Gasteiger partial charge in [-0.2, -0.15) is 9.99 Å². The molecule has 1 aromatic carbocycles. The molecular weight excluding hydrogens is 192 g/mol. The molecule has 72 valence electrons. The van der Waals surface area contributed by atoms with Gasteiger partial charge in [-0.25, -0.2) is 0 Å². The van der Waals surface area contributed by atoms with Crippen molar-refractivity contribution in [3.8, 4) is 6.07 Å². The number of aldehydes is 1. The molecule has 1 aromatic heterocycles. The Morgan fingerprint density at radius 1 is 1.40 bits per heavy atom. The van der Waals surface area contributed by atoms with Crippen LogP contribution < -0.4 is 4.73 Å². The first kappa shape index (κ1) is 9.16. The Labute approximate surface area is 85.6 Å². The Balaban J connectivity index is 2.98. The van der Waals surface area contributed by atoms with Gasteiger partial charge in [-0.05, 0) is 6.07 Å². The zero-order chi connectivity index (χ0) is 10.8. The number of carbonyl (C=O) groups is 1. The lowest BCUT2D eigenvalue weighted by atomic mass is 10.1. The van der Waals surface area contributed by atoms with Crippen molar-refractivity contribution in [3.05, 3.63) is 46.8 Å². The SMILES string of the molecule is N#Cc1cc(C=O)c2ccccc2[n+]1[O-]. The summed E-state index contributed by atoms with van der Waals surface area (Å²) in [6, 6.07) is 9.73. The summed E-state index contributed by atoms with van der Waals surface area (Å²) in [5.74, 6) is 0. The number of nitrogens with zero attached hydrogens (tertiary/aromatic N) is 2. The van der Waals surface area contributed by atoms with Crippen molar-refractivity contribution in [2.24, 2.45) is 0 Å². The number of aromatic nitrogens is 1. The lowest BCUT2D eigenvalue weighted by Gasteiger charge is -2.04. The van der Waals surface area contributed by atoms with Gasteiger partial charge in [-0.15, -0.1) is 0 Å². The Morgan fingerprint density at radius 2 is 2.13 bits per heavy atom. The number of hydrogen-bond acceptors (Lipinski definition) is 3. The number of rotatable bonds is 1. The summed E-state index contributed by atoms with van der Waals surface area (Å²) in [5.41, 5.74) is 0.615. The molecular formula is C11H6N2O2. The number of pyridine rings is 1. The van der Waals surface area contributed by atoms with Crippen molar-refractivity contribution in [3.63, 3.8) is 0 Å². The highest BCUT2D eigenvalue weighted by molar-refractivity contribution is 5.95. The lowest BCUT2D eigenvalue weighted by Crippen LogP contribution is -2.31. The van der Waals surface area contributed by atoms with E-state index < -0.39 is 0 Å². The average molecular weight is 198 g/mol. The first-order valence-corrected chi connectivity index (χ1v) is 4.28. The second-order valence-electron chi connectivity index (χ2n) is 3.03. The van der Waals surface area contributed by atoms with Crippen molar-refractivity contribution < 1.29 is 9.52 Å². The highest BCUT2D eigenvalue weighted by Crippen LogP contribution is 2.14. The zero-order valence-electron chi connectivity index (χ0n) is 7.68. The van der Waals surface area contributed by atoms with E-state index in [1.54, 1.807) is 30.3 Å². The van der Waals surface area contributed by atoms with Crippen molar-refractivity contribution in [2.75, 3.05) is 0 Å². The molecule has 2 aromatic rings. The predicted molar refractivity (Wildman–Crippen MR) is 53.0 cm³/mol. The molecule has 0 saturated carbocycles. The van der Waals surface area contributed by atoms with Crippen LogP contribution >= 0.6 is 0 Å². The van der Waals surface area contributed by atoms with E-state index in [0.717, 1.165) is 0 Å². The van der Waals surface area contributed by atoms with E-state index in [1.165, 1.54) is 6.07 Å². The topological polar surface area (TPSA) is 67.8 Å². The molecule has 0 fully saturated rings. The van der Waals surface area contributed by atoms with Crippen molar-refractivity contribution in [2.45, 2.75) is 0 Å². The van der Waals surface area contributed by atoms with Gasteiger partial charge in [0.2, 0.25) is 5.52 Å². The maximum Gasteiger partial charge on any atom is 0.295 e. The standard InChI is InChI=1S/C11H6N2O2/c12-6-9-5-8(7-14)10-3-1-2-4-11(10)13(9)15/h1-5,7H. The van der Waals surface area contributed by atoms with Crippen LogP contribution in [-0.2, 0) is 0 Å². The van der Waals surface area contributed by atoms with Crippen molar-refractivity contribution >= 4 is 17.2 Å². The number of para-hydroxylation sites is 1. The number of carbonyl (C=O) groups excluding carboxylic acids is 1. The fourth-order valence-corrected chi connectivity index (χ4v) is 1.48. The molecule has 0 aliphatic heterocycles. The van der Waals surface area contributed by atoms with Crippen LogP contribution in [0.3, 0.4) is 0 Å². The average Bonchev–Trinajstić information content (AvgIpc) is 2.30. The lowest BCUT2D eigenvalue weighted by molar-refractivity contribution is -0.580. The number of fused-ring (bicyclic) bond motifs is 1. The predicted octanol–water partition coefficient (Wildman–Crippen LogP) is 1.16. The number of hydrogen-bond donors (Lipinski definition) is 0. The Bertz CT molecular complexity index is 585. The fourth-order valence-electron chi connectivity index (χ4n) is 1.48. The Hall–Kier alpha value is -2.41. The number of nitriles is 1. The van der Waals surface area contributed by atoms with Gasteiger partial charge < -0.3 is 5.21 Å². The van der Waals surface area contributed by atoms with Crippen LogP contribution in [0.5, 0.6) is 0 Å². The molecule has 0 amide bonds. The second kappa shape index (κ2) is 3.39. The van der Waals surface area contributed by atoms with Crippen LogP contribution in [0.15, 0.2) is 30.3 Å². The van der Waals surface area contributed by atoms with Gasteiger partial charge in [0, 0.05) is 17.7 Å². The van der Waals surface area contributed by atoms with Crippen molar-refractivity contribution in [1.82, 2.24) is 0 Å². The largest absolute Gasteiger partial charge is 0.617 e. The Kier molecular flexibility index (Phi) is 2.07. The molecule has 0 N–H and O–H groups in total. The number of benzene rings is 1. The Morgan fingerprint density at radius 3 is 2.80 bits per heavy atom. The summed E-state index contributed by atoms with van der Waals surface area (Å²) in [6.45, 7) is 0. The van der Waals surface area contributed by atoms with Crippen LogP contribution in [0, 0.1) is 16.5 Å². The van der Waals surface area contributed by atoms with Crippen LogP contribution in [0.1, 0.15) is 16.1 Å². The molecule has 0 aliphatic carbocycles. The molecule has 0 spiro atoms. The minimum Gasteiger partial charge on any atom is -0.617 e. The summed E-state index contributed by atoms with van der Waals surface area (Å²) in [6.07, 6.45) is 0.642. The zero-order valence-corrected chi connectivity index (χ0v) is 7.68. The van der Waals surface area contributed by atoms with Crippen LogP contribution in [0.4, 0.5) is 0 Å². The van der Waals surface area contributed by atoms with Crippen molar-refractivity contribution in [1.29, 1.82) is 5.26 Å². The van der Waals surface area contributed by atoms with Gasteiger partial charge in [0.05, 0.1) is 5.39 Å². The summed E-state index contributed by atoms with van der Waals surface area (Å²) < 4.78 is 0.530. The maximum absolute atomic E-state index is 11.6. The molecule has 4 heteroatoms. The van der Waals surface area contributed by atoms with E-state index in [4.69, 9.17) is 5.26 Å². The highest BCUT2D eigenvalue weighted by Gasteiger charge is 2.13. The van der Waals surface area contributed by atoms with Gasteiger partial charge in [0.1, 0.15) is 0 Å². The smallest absolute Gasteiger partial charge is 0.295 e. The molecule has 4 nitrogen and oxygen atoms in total. The summed E-state index contributed by atoms with van der Waals surface area (Å²) in [7, 11) is 0. The van der Waals surface area contributed by atoms with Crippen LogP contribution in [0.25, 0.3) is 10.9 Å². The minimum absolute atomic E-state index is 0.0733. The van der Waals surface area contributed by atoms with E-state index in [0.29, 0.717) is 27.5 Å². The molecule has 0 saturated heterocycles. The van der Waals surface area contributed by atoms with Gasteiger partial charge in [-0.3, -0.25) is 4.79 Å². The molecule has 15 heavy (non-hydrogen) atoms. The van der Waals surface area contributed by atoms with Gasteiger partial charge in [0.25, 0.3) is 5.69 Å². The molecule has 1 heterocycles. The quantitative estimate of drug-likeness (QED) is 0.392. The van der Waals surface area contributed by atoms with E-state index in [1.807, 2.05) is 0 Å². The highest BCUT2D eigenvalue weighted by atomic mass is 16.5. The van der Waals surface area contributed by atoms with E-state index >= 15 is 0 Å². The molecule has 0 unspecified atom stereocenters. The van der Waals surface area contributed by atoms with Crippen LogP contribution in [-0.4, -0.2) is 6.29 Å².